The summed E-state index contributed by atoms with van der Waals surface area (Å²) in [7, 11) is 4.11. The molecular formula is C20H29N5O. The fraction of sp³-hybridized carbons (Fsp3) is 0.400. The number of hydrogen-bond donors (Lipinski definition) is 2. The maximum Gasteiger partial charge on any atom is 0.221 e. The van der Waals surface area contributed by atoms with Crippen LogP contribution in [0.15, 0.2) is 47.6 Å². The maximum atomic E-state index is 11.1. The zero-order chi connectivity index (χ0) is 18.9. The molecule has 1 aromatic heterocycles. The van der Waals surface area contributed by atoms with Crippen molar-refractivity contribution in [2.75, 3.05) is 25.5 Å². The standard InChI is InChI=1S/C20H29N5O/c1-5-21-20(25(4)15-19-7-6-14-24(19)3)22-13-12-17-8-10-18(11-9-17)23-16(2)26/h6-11,14H,5,12-13,15H2,1-4H3,(H,21,22)(H,23,26). The first kappa shape index (κ1) is 19.6. The van der Waals surface area contributed by atoms with Crippen molar-refractivity contribution < 1.29 is 4.79 Å². The number of carbonyl (C=O) groups is 1. The first-order valence-electron chi connectivity index (χ1n) is 8.95. The van der Waals surface area contributed by atoms with Gasteiger partial charge in [-0.05, 0) is 43.2 Å². The number of aromatic nitrogens is 1. The molecule has 0 aliphatic rings. The number of carbonyl (C=O) groups excluding carboxylic acids is 1. The fourth-order valence-corrected chi connectivity index (χ4v) is 2.70. The molecule has 2 rings (SSSR count). The van der Waals surface area contributed by atoms with Crippen molar-refractivity contribution in [3.63, 3.8) is 0 Å². The van der Waals surface area contributed by atoms with Crippen LogP contribution in [0.4, 0.5) is 5.69 Å². The number of guanidine groups is 1. The highest BCUT2D eigenvalue weighted by Crippen LogP contribution is 2.10. The Morgan fingerprint density at radius 2 is 1.96 bits per heavy atom. The van der Waals surface area contributed by atoms with Crippen molar-refractivity contribution in [1.29, 1.82) is 0 Å². The summed E-state index contributed by atoms with van der Waals surface area (Å²) in [4.78, 5) is 17.9. The lowest BCUT2D eigenvalue weighted by Gasteiger charge is -2.22. The van der Waals surface area contributed by atoms with E-state index in [-0.39, 0.29) is 5.91 Å². The lowest BCUT2D eigenvalue weighted by atomic mass is 10.1. The summed E-state index contributed by atoms with van der Waals surface area (Å²) in [6.07, 6.45) is 2.91. The molecule has 0 aliphatic heterocycles. The fourth-order valence-electron chi connectivity index (χ4n) is 2.70. The lowest BCUT2D eigenvalue weighted by molar-refractivity contribution is -0.114. The van der Waals surface area contributed by atoms with Crippen molar-refractivity contribution in [3.8, 4) is 0 Å². The van der Waals surface area contributed by atoms with Crippen LogP contribution in [0.1, 0.15) is 25.1 Å². The largest absolute Gasteiger partial charge is 0.357 e. The normalized spacial score (nSPS) is 11.3. The third kappa shape index (κ3) is 5.95. The second kappa shape index (κ2) is 9.65. The molecule has 2 N–H and O–H groups in total. The second-order valence-corrected chi connectivity index (χ2v) is 6.33. The highest BCUT2D eigenvalue weighted by atomic mass is 16.1. The first-order chi connectivity index (χ1) is 12.5. The van der Waals surface area contributed by atoms with E-state index in [4.69, 9.17) is 4.99 Å². The number of anilines is 1. The number of benzene rings is 1. The quantitative estimate of drug-likeness (QED) is 0.593. The summed E-state index contributed by atoms with van der Waals surface area (Å²) in [5.74, 6) is 0.849. The van der Waals surface area contributed by atoms with Gasteiger partial charge in [-0.15, -0.1) is 0 Å². The second-order valence-electron chi connectivity index (χ2n) is 6.33. The summed E-state index contributed by atoms with van der Waals surface area (Å²) in [5, 5.41) is 6.13. The van der Waals surface area contributed by atoms with E-state index in [1.54, 1.807) is 0 Å². The number of aryl methyl sites for hydroxylation is 1. The summed E-state index contributed by atoms with van der Waals surface area (Å²) < 4.78 is 2.12. The van der Waals surface area contributed by atoms with E-state index in [0.717, 1.165) is 31.2 Å². The average Bonchev–Trinajstić information content (AvgIpc) is 3.00. The molecule has 0 unspecified atom stereocenters. The molecule has 140 valence electrons. The number of hydrogen-bond acceptors (Lipinski definition) is 2. The van der Waals surface area contributed by atoms with Crippen LogP contribution >= 0.6 is 0 Å². The van der Waals surface area contributed by atoms with Crippen LogP contribution in [-0.4, -0.2) is 41.5 Å². The lowest BCUT2D eigenvalue weighted by Crippen LogP contribution is -2.39. The summed E-state index contributed by atoms with van der Waals surface area (Å²) in [5.41, 5.74) is 3.26. The molecule has 6 nitrogen and oxygen atoms in total. The Morgan fingerprint density at radius 1 is 1.23 bits per heavy atom. The minimum atomic E-state index is -0.0566. The first-order valence-corrected chi connectivity index (χ1v) is 8.95. The minimum Gasteiger partial charge on any atom is -0.357 e. The molecule has 1 amide bonds. The van der Waals surface area contributed by atoms with Gasteiger partial charge in [-0.1, -0.05) is 12.1 Å². The Hall–Kier alpha value is -2.76. The van der Waals surface area contributed by atoms with Gasteiger partial charge in [-0.25, -0.2) is 0 Å². The van der Waals surface area contributed by atoms with E-state index in [0.29, 0.717) is 6.54 Å². The number of nitrogens with one attached hydrogen (secondary N) is 2. The van der Waals surface area contributed by atoms with Gasteiger partial charge in [0.25, 0.3) is 0 Å². The Labute approximate surface area is 155 Å². The van der Waals surface area contributed by atoms with Crippen LogP contribution in [0.3, 0.4) is 0 Å². The van der Waals surface area contributed by atoms with Crippen molar-refractivity contribution in [1.82, 2.24) is 14.8 Å². The highest BCUT2D eigenvalue weighted by molar-refractivity contribution is 5.88. The van der Waals surface area contributed by atoms with E-state index in [1.165, 1.54) is 18.2 Å². The minimum absolute atomic E-state index is 0.0566. The van der Waals surface area contributed by atoms with Crippen LogP contribution in [-0.2, 0) is 24.8 Å². The Bertz CT molecular complexity index is 733. The van der Waals surface area contributed by atoms with Gasteiger partial charge in [0.2, 0.25) is 5.91 Å². The Kier molecular flexibility index (Phi) is 7.26. The van der Waals surface area contributed by atoms with E-state index in [1.807, 2.05) is 24.3 Å². The smallest absolute Gasteiger partial charge is 0.221 e. The number of nitrogens with zero attached hydrogens (tertiary/aromatic N) is 3. The zero-order valence-corrected chi connectivity index (χ0v) is 16.1. The Balaban J connectivity index is 1.93. The number of rotatable bonds is 7. The summed E-state index contributed by atoms with van der Waals surface area (Å²) >= 11 is 0. The van der Waals surface area contributed by atoms with Gasteiger partial charge in [0.1, 0.15) is 0 Å². The van der Waals surface area contributed by atoms with Crippen LogP contribution in [0.25, 0.3) is 0 Å². The monoisotopic (exact) mass is 355 g/mol. The molecule has 0 saturated carbocycles. The molecular weight excluding hydrogens is 326 g/mol. The molecule has 0 saturated heterocycles. The van der Waals surface area contributed by atoms with Gasteiger partial charge >= 0.3 is 0 Å². The molecule has 26 heavy (non-hydrogen) atoms. The van der Waals surface area contributed by atoms with Crippen LogP contribution in [0, 0.1) is 0 Å². The number of aliphatic imine (C=N–C) groups is 1. The molecule has 0 aliphatic carbocycles. The van der Waals surface area contributed by atoms with Gasteiger partial charge in [0.05, 0.1) is 6.54 Å². The highest BCUT2D eigenvalue weighted by Gasteiger charge is 2.08. The van der Waals surface area contributed by atoms with Crippen molar-refractivity contribution in [2.24, 2.45) is 12.0 Å². The molecule has 1 aromatic carbocycles. The predicted molar refractivity (Wildman–Crippen MR) is 107 cm³/mol. The van der Waals surface area contributed by atoms with Crippen LogP contribution in [0.2, 0.25) is 0 Å². The van der Waals surface area contributed by atoms with Gasteiger partial charge in [-0.2, -0.15) is 0 Å². The summed E-state index contributed by atoms with van der Waals surface area (Å²) in [6.45, 7) is 5.94. The van der Waals surface area contributed by atoms with E-state index in [9.17, 15) is 4.79 Å². The molecule has 0 spiro atoms. The third-order valence-corrected chi connectivity index (χ3v) is 4.08. The molecule has 6 heteroatoms. The summed E-state index contributed by atoms with van der Waals surface area (Å²) in [6, 6.07) is 12.1. The van der Waals surface area contributed by atoms with Gasteiger partial charge < -0.3 is 20.1 Å². The van der Waals surface area contributed by atoms with E-state index >= 15 is 0 Å². The van der Waals surface area contributed by atoms with Gasteiger partial charge in [0.15, 0.2) is 5.96 Å². The van der Waals surface area contributed by atoms with E-state index < -0.39 is 0 Å². The molecule has 0 bridgehead atoms. The molecule has 0 radical (unpaired) electrons. The molecule has 2 aromatic rings. The van der Waals surface area contributed by atoms with Crippen molar-refractivity contribution >= 4 is 17.6 Å². The van der Waals surface area contributed by atoms with Gasteiger partial charge in [0, 0.05) is 51.7 Å². The van der Waals surface area contributed by atoms with Crippen molar-refractivity contribution in [2.45, 2.75) is 26.8 Å². The SMILES string of the molecule is CCNC(=NCCc1ccc(NC(C)=O)cc1)N(C)Cc1cccn1C. The number of amides is 1. The van der Waals surface area contributed by atoms with Gasteiger partial charge in [-0.3, -0.25) is 9.79 Å². The maximum absolute atomic E-state index is 11.1. The topological polar surface area (TPSA) is 61.7 Å². The Morgan fingerprint density at radius 3 is 2.54 bits per heavy atom. The van der Waals surface area contributed by atoms with Crippen molar-refractivity contribution in [3.05, 3.63) is 53.9 Å². The molecule has 1 heterocycles. The molecule has 0 fully saturated rings. The zero-order valence-electron chi connectivity index (χ0n) is 16.1. The average molecular weight is 355 g/mol. The van der Waals surface area contributed by atoms with Crippen LogP contribution < -0.4 is 10.6 Å². The predicted octanol–water partition coefficient (Wildman–Crippen LogP) is 2.62. The molecule has 0 atom stereocenters. The third-order valence-electron chi connectivity index (χ3n) is 4.08. The van der Waals surface area contributed by atoms with E-state index in [2.05, 4.69) is 59.4 Å². The van der Waals surface area contributed by atoms with Crippen LogP contribution in [0.5, 0.6) is 0 Å².